The van der Waals surface area contributed by atoms with Crippen molar-refractivity contribution in [3.8, 4) is 0 Å². The van der Waals surface area contributed by atoms with Crippen molar-refractivity contribution in [3.05, 3.63) is 0 Å². The highest BCUT2D eigenvalue weighted by molar-refractivity contribution is 4.73. The summed E-state index contributed by atoms with van der Waals surface area (Å²) in [6.45, 7) is 4.39. The van der Waals surface area contributed by atoms with Gasteiger partial charge in [-0.15, -0.1) is 0 Å². The molecule has 2 aliphatic rings. The fourth-order valence-electron chi connectivity index (χ4n) is 2.16. The Bertz CT molecular complexity index is 139. The maximum atomic E-state index is 5.44. The van der Waals surface area contributed by atoms with Crippen LogP contribution in [0.2, 0.25) is 0 Å². The lowest BCUT2D eigenvalue weighted by Crippen LogP contribution is -2.34. The number of hydrogen-bond acceptors (Lipinski definition) is 2. The first-order valence-corrected chi connectivity index (χ1v) is 5.73. The summed E-state index contributed by atoms with van der Waals surface area (Å²) >= 11 is 0. The van der Waals surface area contributed by atoms with Crippen LogP contribution in [0.1, 0.15) is 32.1 Å². The molecule has 1 N–H and O–H groups in total. The lowest BCUT2D eigenvalue weighted by molar-refractivity contribution is 0.0541. The molecule has 1 saturated carbocycles. The summed E-state index contributed by atoms with van der Waals surface area (Å²) in [4.78, 5) is 0. The van der Waals surface area contributed by atoms with Gasteiger partial charge in [0.2, 0.25) is 0 Å². The van der Waals surface area contributed by atoms with E-state index in [2.05, 4.69) is 5.32 Å². The van der Waals surface area contributed by atoms with Crippen LogP contribution in [-0.2, 0) is 4.74 Å². The van der Waals surface area contributed by atoms with Crippen molar-refractivity contribution in [2.45, 2.75) is 32.1 Å². The molecular weight excluding hydrogens is 162 g/mol. The van der Waals surface area contributed by atoms with Gasteiger partial charge >= 0.3 is 0 Å². The molecule has 0 amide bonds. The summed E-state index contributed by atoms with van der Waals surface area (Å²) in [7, 11) is 0. The summed E-state index contributed by atoms with van der Waals surface area (Å²) in [6, 6.07) is 0. The van der Waals surface area contributed by atoms with E-state index in [9.17, 15) is 0 Å². The van der Waals surface area contributed by atoms with E-state index in [1.165, 1.54) is 45.2 Å². The molecule has 1 atom stereocenters. The molecule has 1 heterocycles. The second kappa shape index (κ2) is 4.97. The fraction of sp³-hybridized carbons (Fsp3) is 1.00. The first-order valence-electron chi connectivity index (χ1n) is 5.73. The van der Waals surface area contributed by atoms with Gasteiger partial charge in [-0.2, -0.15) is 0 Å². The lowest BCUT2D eigenvalue weighted by Gasteiger charge is -2.27. The van der Waals surface area contributed by atoms with Gasteiger partial charge in [0.1, 0.15) is 0 Å². The second-order valence-electron chi connectivity index (χ2n) is 4.54. The first-order chi connectivity index (χ1) is 6.45. The van der Waals surface area contributed by atoms with Gasteiger partial charge in [-0.3, -0.25) is 0 Å². The van der Waals surface area contributed by atoms with Gasteiger partial charge in [-0.05, 0) is 44.1 Å². The molecule has 0 bridgehead atoms. The quantitative estimate of drug-likeness (QED) is 0.717. The van der Waals surface area contributed by atoms with E-state index in [1.54, 1.807) is 0 Å². The molecule has 0 aromatic carbocycles. The van der Waals surface area contributed by atoms with E-state index >= 15 is 0 Å². The van der Waals surface area contributed by atoms with Crippen LogP contribution in [0.4, 0.5) is 0 Å². The fourth-order valence-corrected chi connectivity index (χ4v) is 2.16. The Labute approximate surface area is 81.0 Å². The smallest absolute Gasteiger partial charge is 0.0506 e. The maximum Gasteiger partial charge on any atom is 0.0506 e. The highest BCUT2D eigenvalue weighted by atomic mass is 16.5. The van der Waals surface area contributed by atoms with Gasteiger partial charge in [-0.1, -0.05) is 6.42 Å². The van der Waals surface area contributed by atoms with E-state index in [1.807, 2.05) is 0 Å². The van der Waals surface area contributed by atoms with Crippen LogP contribution in [-0.4, -0.2) is 26.3 Å². The molecule has 0 radical (unpaired) electrons. The Morgan fingerprint density at radius 2 is 1.77 bits per heavy atom. The highest BCUT2D eigenvalue weighted by Gasteiger charge is 2.18. The minimum absolute atomic E-state index is 0.786. The number of nitrogens with one attached hydrogen (secondary N) is 1. The predicted octanol–water partition coefficient (Wildman–Crippen LogP) is 1.80. The standard InChI is InChI=1S/C11H21NO/c1-3-10(4-1)7-12-8-11-5-2-6-13-9-11/h10-12H,1-9H2. The van der Waals surface area contributed by atoms with Crippen molar-refractivity contribution in [3.63, 3.8) is 0 Å². The second-order valence-corrected chi connectivity index (χ2v) is 4.54. The first kappa shape index (κ1) is 9.47. The molecule has 0 aromatic rings. The zero-order valence-electron chi connectivity index (χ0n) is 8.43. The topological polar surface area (TPSA) is 21.3 Å². The molecule has 2 heteroatoms. The molecule has 2 nitrogen and oxygen atoms in total. The van der Waals surface area contributed by atoms with E-state index in [-0.39, 0.29) is 0 Å². The molecular formula is C11H21NO. The molecule has 2 fully saturated rings. The summed E-state index contributed by atoms with van der Waals surface area (Å²) in [6.07, 6.45) is 6.98. The van der Waals surface area contributed by atoms with Crippen molar-refractivity contribution in [1.82, 2.24) is 5.32 Å². The van der Waals surface area contributed by atoms with Crippen LogP contribution in [0.25, 0.3) is 0 Å². The van der Waals surface area contributed by atoms with Crippen molar-refractivity contribution in [2.24, 2.45) is 11.8 Å². The Hall–Kier alpha value is -0.0800. The van der Waals surface area contributed by atoms with Gasteiger partial charge in [0, 0.05) is 13.2 Å². The summed E-state index contributed by atoms with van der Waals surface area (Å²) in [5.41, 5.74) is 0. The largest absolute Gasteiger partial charge is 0.381 e. The van der Waals surface area contributed by atoms with Crippen LogP contribution < -0.4 is 5.32 Å². The highest BCUT2D eigenvalue weighted by Crippen LogP contribution is 2.25. The van der Waals surface area contributed by atoms with Crippen LogP contribution in [0.5, 0.6) is 0 Å². The molecule has 0 aromatic heterocycles. The van der Waals surface area contributed by atoms with E-state index in [4.69, 9.17) is 4.74 Å². The van der Waals surface area contributed by atoms with Crippen molar-refractivity contribution in [2.75, 3.05) is 26.3 Å². The molecule has 0 spiro atoms. The predicted molar refractivity (Wildman–Crippen MR) is 53.8 cm³/mol. The van der Waals surface area contributed by atoms with Crippen LogP contribution in [0.15, 0.2) is 0 Å². The van der Waals surface area contributed by atoms with Gasteiger partial charge in [0.05, 0.1) is 6.61 Å². The molecule has 1 saturated heterocycles. The normalized spacial score (nSPS) is 30.0. The summed E-state index contributed by atoms with van der Waals surface area (Å²) in [5.74, 6) is 1.78. The molecule has 76 valence electrons. The molecule has 1 unspecified atom stereocenters. The number of ether oxygens (including phenoxy) is 1. The molecule has 13 heavy (non-hydrogen) atoms. The van der Waals surface area contributed by atoms with Crippen LogP contribution >= 0.6 is 0 Å². The third-order valence-corrected chi connectivity index (χ3v) is 3.35. The lowest BCUT2D eigenvalue weighted by atomic mass is 9.85. The zero-order chi connectivity index (χ0) is 8.93. The third kappa shape index (κ3) is 2.96. The zero-order valence-corrected chi connectivity index (χ0v) is 8.43. The van der Waals surface area contributed by atoms with Gasteiger partial charge < -0.3 is 10.1 Å². The maximum absolute atomic E-state index is 5.44. The molecule has 1 aliphatic heterocycles. The molecule has 2 rings (SSSR count). The Morgan fingerprint density at radius 1 is 1.00 bits per heavy atom. The van der Waals surface area contributed by atoms with E-state index in [0.717, 1.165) is 25.0 Å². The van der Waals surface area contributed by atoms with Crippen LogP contribution in [0, 0.1) is 11.8 Å². The van der Waals surface area contributed by atoms with Crippen LogP contribution in [0.3, 0.4) is 0 Å². The summed E-state index contributed by atoms with van der Waals surface area (Å²) < 4.78 is 5.44. The molecule has 1 aliphatic carbocycles. The van der Waals surface area contributed by atoms with Gasteiger partial charge in [0.25, 0.3) is 0 Å². The SMILES string of the molecule is C1CC(CNCC2CCCOC2)C1. The van der Waals surface area contributed by atoms with Crippen molar-refractivity contribution in [1.29, 1.82) is 0 Å². The average Bonchev–Trinajstić information content (AvgIpc) is 2.11. The Morgan fingerprint density at radius 3 is 2.38 bits per heavy atom. The number of hydrogen-bond donors (Lipinski definition) is 1. The Kier molecular flexibility index (Phi) is 3.62. The van der Waals surface area contributed by atoms with Crippen molar-refractivity contribution >= 4 is 0 Å². The minimum Gasteiger partial charge on any atom is -0.381 e. The van der Waals surface area contributed by atoms with Gasteiger partial charge in [0.15, 0.2) is 0 Å². The Balaban J connectivity index is 1.50. The third-order valence-electron chi connectivity index (χ3n) is 3.35. The van der Waals surface area contributed by atoms with Crippen molar-refractivity contribution < 1.29 is 4.74 Å². The monoisotopic (exact) mass is 183 g/mol. The van der Waals surface area contributed by atoms with Gasteiger partial charge in [-0.25, -0.2) is 0 Å². The van der Waals surface area contributed by atoms with E-state index < -0.39 is 0 Å². The average molecular weight is 183 g/mol. The number of rotatable bonds is 4. The summed E-state index contributed by atoms with van der Waals surface area (Å²) in [5, 5.41) is 3.58. The van der Waals surface area contributed by atoms with E-state index in [0.29, 0.717) is 0 Å². The minimum atomic E-state index is 0.786.